The first-order valence-electron chi connectivity index (χ1n) is 13.4. The highest BCUT2D eigenvalue weighted by Gasteiger charge is 2.28. The van der Waals surface area contributed by atoms with Gasteiger partial charge in [-0.15, -0.1) is 11.3 Å². The standard InChI is InChI=1S/C31H29N5O3S/c1-3-39-31(38)22-9-11-23(12-10-22)35-29(37)21-13-15-36(16-14-21)28-27-26(32-18-33-28)25-24(20-7-5-4-6-8-20)17-19(2)34-30(25)40-27/h4-12,17-18,21H,3,13-16H2,1-2H3,(H,35,37). The molecule has 1 aliphatic rings. The molecule has 1 saturated heterocycles. The van der Waals surface area contributed by atoms with Crippen LogP contribution in [0, 0.1) is 12.8 Å². The van der Waals surface area contributed by atoms with Gasteiger partial charge in [-0.05, 0) is 68.1 Å². The SMILES string of the molecule is CCOC(=O)c1ccc(NC(=O)C2CCN(c3ncnc4c3sc3nc(C)cc(-c5ccccc5)c34)CC2)cc1. The predicted molar refractivity (Wildman–Crippen MR) is 159 cm³/mol. The van der Waals surface area contributed by atoms with Crippen molar-refractivity contribution in [2.45, 2.75) is 26.7 Å². The van der Waals surface area contributed by atoms with Crippen LogP contribution in [0.1, 0.15) is 35.8 Å². The third-order valence-corrected chi connectivity index (χ3v) is 8.32. The van der Waals surface area contributed by atoms with Gasteiger partial charge in [0.25, 0.3) is 0 Å². The molecule has 5 aromatic rings. The minimum atomic E-state index is -0.368. The van der Waals surface area contributed by atoms with Gasteiger partial charge in [-0.25, -0.2) is 19.7 Å². The summed E-state index contributed by atoms with van der Waals surface area (Å²) in [5, 5.41) is 4.06. The van der Waals surface area contributed by atoms with Gasteiger partial charge >= 0.3 is 5.97 Å². The first-order valence-corrected chi connectivity index (χ1v) is 14.3. The molecule has 9 heteroatoms. The fraction of sp³-hybridized carbons (Fsp3) is 0.258. The lowest BCUT2D eigenvalue weighted by Crippen LogP contribution is -2.38. The molecule has 0 saturated carbocycles. The van der Waals surface area contributed by atoms with E-state index in [0.29, 0.717) is 17.9 Å². The van der Waals surface area contributed by atoms with Gasteiger partial charge in [0.1, 0.15) is 17.0 Å². The van der Waals surface area contributed by atoms with Crippen LogP contribution in [0.15, 0.2) is 67.0 Å². The van der Waals surface area contributed by atoms with E-state index in [-0.39, 0.29) is 17.8 Å². The van der Waals surface area contributed by atoms with E-state index in [0.717, 1.165) is 69.0 Å². The highest BCUT2D eigenvalue weighted by Crippen LogP contribution is 2.42. The summed E-state index contributed by atoms with van der Waals surface area (Å²) in [5.74, 6) is 0.422. The molecule has 6 rings (SSSR count). The molecule has 8 nitrogen and oxygen atoms in total. The number of esters is 1. The van der Waals surface area contributed by atoms with E-state index < -0.39 is 0 Å². The van der Waals surface area contributed by atoms with Crippen LogP contribution in [-0.2, 0) is 9.53 Å². The minimum Gasteiger partial charge on any atom is -0.462 e. The number of carbonyl (C=O) groups is 2. The van der Waals surface area contributed by atoms with Gasteiger partial charge in [-0.1, -0.05) is 30.3 Å². The second-order valence-electron chi connectivity index (χ2n) is 9.88. The average Bonchev–Trinajstić information content (AvgIpc) is 3.36. The molecule has 0 spiro atoms. The lowest BCUT2D eigenvalue weighted by Gasteiger charge is -2.32. The molecule has 4 heterocycles. The van der Waals surface area contributed by atoms with Crippen LogP contribution in [0.4, 0.5) is 11.5 Å². The van der Waals surface area contributed by atoms with E-state index in [1.54, 1.807) is 48.9 Å². The first kappa shape index (κ1) is 25.9. The average molecular weight is 552 g/mol. The number of nitrogens with zero attached hydrogens (tertiary/aromatic N) is 4. The van der Waals surface area contributed by atoms with Gasteiger partial charge in [0.05, 0.1) is 22.4 Å². The molecule has 0 unspecified atom stereocenters. The zero-order valence-electron chi connectivity index (χ0n) is 22.4. The van der Waals surface area contributed by atoms with Crippen LogP contribution in [0.3, 0.4) is 0 Å². The van der Waals surface area contributed by atoms with Crippen molar-refractivity contribution in [2.24, 2.45) is 5.92 Å². The van der Waals surface area contributed by atoms with E-state index in [2.05, 4.69) is 33.4 Å². The van der Waals surface area contributed by atoms with Crippen LogP contribution in [-0.4, -0.2) is 46.5 Å². The van der Waals surface area contributed by atoms with Gasteiger partial charge in [0, 0.05) is 35.8 Å². The molecular weight excluding hydrogens is 522 g/mol. The molecule has 0 atom stereocenters. The number of rotatable bonds is 6. The van der Waals surface area contributed by atoms with E-state index >= 15 is 0 Å². The molecular formula is C31H29N5O3S. The van der Waals surface area contributed by atoms with Gasteiger partial charge in [0.15, 0.2) is 0 Å². The highest BCUT2D eigenvalue weighted by molar-refractivity contribution is 7.26. The number of piperidine rings is 1. The van der Waals surface area contributed by atoms with Crippen LogP contribution in [0.2, 0.25) is 0 Å². The van der Waals surface area contributed by atoms with Crippen molar-refractivity contribution in [1.82, 2.24) is 15.0 Å². The molecule has 0 aliphatic carbocycles. The number of ether oxygens (including phenoxy) is 1. The largest absolute Gasteiger partial charge is 0.462 e. The Morgan fingerprint density at radius 3 is 2.52 bits per heavy atom. The minimum absolute atomic E-state index is 0.00888. The highest BCUT2D eigenvalue weighted by atomic mass is 32.1. The monoisotopic (exact) mass is 551 g/mol. The van der Waals surface area contributed by atoms with Crippen molar-refractivity contribution in [3.63, 3.8) is 0 Å². The number of pyridine rings is 1. The Hall–Kier alpha value is -4.37. The number of nitrogens with one attached hydrogen (secondary N) is 1. The topological polar surface area (TPSA) is 97.3 Å². The number of anilines is 2. The number of thiophene rings is 1. The second-order valence-corrected chi connectivity index (χ2v) is 10.9. The van der Waals surface area contributed by atoms with Crippen LogP contribution in [0.5, 0.6) is 0 Å². The van der Waals surface area contributed by atoms with Gasteiger partial charge in [-0.3, -0.25) is 4.79 Å². The van der Waals surface area contributed by atoms with E-state index in [1.165, 1.54) is 0 Å². The normalized spacial score (nSPS) is 14.0. The van der Waals surface area contributed by atoms with Crippen molar-refractivity contribution in [2.75, 3.05) is 29.9 Å². The lowest BCUT2D eigenvalue weighted by atomic mass is 9.95. The van der Waals surface area contributed by atoms with Crippen molar-refractivity contribution in [3.8, 4) is 11.1 Å². The van der Waals surface area contributed by atoms with E-state index in [9.17, 15) is 9.59 Å². The summed E-state index contributed by atoms with van der Waals surface area (Å²) < 4.78 is 6.05. The fourth-order valence-corrected chi connectivity index (χ4v) is 6.47. The summed E-state index contributed by atoms with van der Waals surface area (Å²) in [6, 6.07) is 19.3. The Bertz CT molecular complexity index is 1690. The number of carbonyl (C=O) groups excluding carboxylic acids is 2. The number of benzene rings is 2. The summed E-state index contributed by atoms with van der Waals surface area (Å²) in [7, 11) is 0. The summed E-state index contributed by atoms with van der Waals surface area (Å²) in [4.78, 5) is 42.3. The maximum absolute atomic E-state index is 13.0. The van der Waals surface area contributed by atoms with Crippen molar-refractivity contribution in [3.05, 3.63) is 78.2 Å². The van der Waals surface area contributed by atoms with Crippen molar-refractivity contribution >= 4 is 55.2 Å². The maximum Gasteiger partial charge on any atom is 0.338 e. The zero-order valence-corrected chi connectivity index (χ0v) is 23.2. The summed E-state index contributed by atoms with van der Waals surface area (Å²) >= 11 is 1.63. The summed E-state index contributed by atoms with van der Waals surface area (Å²) in [6.45, 7) is 5.56. The van der Waals surface area contributed by atoms with Crippen LogP contribution in [0.25, 0.3) is 31.6 Å². The van der Waals surface area contributed by atoms with E-state index in [4.69, 9.17) is 14.7 Å². The van der Waals surface area contributed by atoms with Gasteiger partial charge < -0.3 is 15.0 Å². The van der Waals surface area contributed by atoms with E-state index in [1.807, 2.05) is 25.1 Å². The van der Waals surface area contributed by atoms with Crippen LogP contribution >= 0.6 is 11.3 Å². The van der Waals surface area contributed by atoms with Crippen molar-refractivity contribution in [1.29, 1.82) is 0 Å². The smallest absolute Gasteiger partial charge is 0.338 e. The number of hydrogen-bond donors (Lipinski definition) is 1. The number of aromatic nitrogens is 3. The first-order chi connectivity index (χ1) is 19.5. The Labute approximate surface area is 236 Å². The molecule has 40 heavy (non-hydrogen) atoms. The quantitative estimate of drug-likeness (QED) is 0.249. The molecule has 3 aromatic heterocycles. The Morgan fingerprint density at radius 1 is 1.05 bits per heavy atom. The van der Waals surface area contributed by atoms with Crippen LogP contribution < -0.4 is 10.2 Å². The van der Waals surface area contributed by atoms with Crippen molar-refractivity contribution < 1.29 is 14.3 Å². The zero-order chi connectivity index (χ0) is 27.6. The number of fused-ring (bicyclic) bond motifs is 3. The van der Waals surface area contributed by atoms with Gasteiger partial charge in [0.2, 0.25) is 5.91 Å². The molecule has 0 radical (unpaired) electrons. The number of amides is 1. The molecule has 2 aromatic carbocycles. The summed E-state index contributed by atoms with van der Waals surface area (Å²) in [5.41, 5.74) is 5.29. The third-order valence-electron chi connectivity index (χ3n) is 7.25. The summed E-state index contributed by atoms with van der Waals surface area (Å²) in [6.07, 6.45) is 3.07. The molecule has 1 aliphatic heterocycles. The molecule has 1 fully saturated rings. The maximum atomic E-state index is 13.0. The van der Waals surface area contributed by atoms with Gasteiger partial charge in [-0.2, -0.15) is 0 Å². The molecule has 0 bridgehead atoms. The fourth-order valence-electron chi connectivity index (χ4n) is 5.25. The second kappa shape index (κ2) is 11.0. The molecule has 1 amide bonds. The lowest BCUT2D eigenvalue weighted by molar-refractivity contribution is -0.120. The molecule has 202 valence electrons. The third kappa shape index (κ3) is 5.00. The Kier molecular flexibility index (Phi) is 7.13. The predicted octanol–water partition coefficient (Wildman–Crippen LogP) is 6.25. The Morgan fingerprint density at radius 2 is 1.80 bits per heavy atom. The number of aryl methyl sites for hydroxylation is 1. The number of hydrogen-bond acceptors (Lipinski definition) is 8. The molecule has 1 N–H and O–H groups in total. The Balaban J connectivity index is 1.20.